The Morgan fingerprint density at radius 2 is 2.23 bits per heavy atom. The van der Waals surface area contributed by atoms with Crippen LogP contribution in [-0.4, -0.2) is 55.0 Å². The number of rotatable bonds is 7. The van der Waals surface area contributed by atoms with Gasteiger partial charge in [0, 0.05) is 45.2 Å². The lowest BCUT2D eigenvalue weighted by Gasteiger charge is -2.47. The largest absolute Gasteiger partial charge is 0.496 e. The molecule has 3 rings (SSSR count). The molecule has 1 aromatic rings. The Morgan fingerprint density at radius 3 is 2.96 bits per heavy atom. The quantitative estimate of drug-likeness (QED) is 0.760. The molecular weight excluding hydrogens is 326 g/mol. The molecular formula is C21H31N3O2. The summed E-state index contributed by atoms with van der Waals surface area (Å²) >= 11 is 0. The van der Waals surface area contributed by atoms with Gasteiger partial charge in [-0.2, -0.15) is 0 Å². The van der Waals surface area contributed by atoms with E-state index in [1.165, 1.54) is 11.1 Å². The van der Waals surface area contributed by atoms with Gasteiger partial charge >= 0.3 is 0 Å². The maximum absolute atomic E-state index is 12.2. The molecule has 2 fully saturated rings. The monoisotopic (exact) mass is 357 g/mol. The van der Waals surface area contributed by atoms with Crippen LogP contribution < -0.4 is 10.5 Å². The van der Waals surface area contributed by atoms with Gasteiger partial charge in [-0.1, -0.05) is 18.2 Å². The fourth-order valence-electron chi connectivity index (χ4n) is 4.50. The van der Waals surface area contributed by atoms with E-state index >= 15 is 0 Å². The van der Waals surface area contributed by atoms with Crippen LogP contribution in [0.25, 0.3) is 0 Å². The highest BCUT2D eigenvalue weighted by atomic mass is 16.5. The number of ether oxygens (including phenoxy) is 1. The van der Waals surface area contributed by atoms with Crippen molar-refractivity contribution in [3.8, 4) is 5.75 Å². The second-order valence-corrected chi connectivity index (χ2v) is 7.40. The van der Waals surface area contributed by atoms with Crippen LogP contribution in [0, 0.1) is 5.92 Å². The third kappa shape index (κ3) is 4.10. The average Bonchev–Trinajstić information content (AvgIpc) is 2.65. The maximum atomic E-state index is 12.2. The van der Waals surface area contributed by atoms with E-state index in [-0.39, 0.29) is 5.91 Å². The first kappa shape index (κ1) is 18.9. The second-order valence-electron chi connectivity index (χ2n) is 7.40. The molecule has 2 aliphatic heterocycles. The van der Waals surface area contributed by atoms with Gasteiger partial charge in [0.1, 0.15) is 5.75 Å². The Labute approximate surface area is 156 Å². The first-order valence-corrected chi connectivity index (χ1v) is 9.64. The molecule has 0 radical (unpaired) electrons. The number of hydrogen-bond donors (Lipinski definition) is 1. The average molecular weight is 357 g/mol. The van der Waals surface area contributed by atoms with E-state index in [1.807, 2.05) is 11.0 Å². The number of likely N-dealkylation sites (tertiary alicyclic amines) is 2. The Morgan fingerprint density at radius 1 is 1.38 bits per heavy atom. The molecule has 0 aromatic heterocycles. The van der Waals surface area contributed by atoms with E-state index in [0.717, 1.165) is 44.6 Å². The Hall–Kier alpha value is -1.85. The molecule has 26 heavy (non-hydrogen) atoms. The van der Waals surface area contributed by atoms with Gasteiger partial charge in [0.05, 0.1) is 7.11 Å². The number of nitrogens with two attached hydrogens (primary N) is 1. The van der Waals surface area contributed by atoms with Gasteiger partial charge in [-0.15, -0.1) is 6.58 Å². The van der Waals surface area contributed by atoms with Crippen molar-refractivity contribution in [2.24, 2.45) is 11.7 Å². The highest BCUT2D eigenvalue weighted by Gasteiger charge is 2.38. The molecule has 0 unspecified atom stereocenters. The van der Waals surface area contributed by atoms with Gasteiger partial charge in [0.15, 0.2) is 0 Å². The minimum Gasteiger partial charge on any atom is -0.496 e. The zero-order chi connectivity index (χ0) is 18.5. The van der Waals surface area contributed by atoms with Gasteiger partial charge in [-0.3, -0.25) is 9.69 Å². The summed E-state index contributed by atoms with van der Waals surface area (Å²) in [6, 6.07) is 6.83. The molecule has 2 N–H and O–H groups in total. The molecule has 2 saturated heterocycles. The lowest BCUT2D eigenvalue weighted by atomic mass is 9.83. The van der Waals surface area contributed by atoms with Crippen LogP contribution in [0.3, 0.4) is 0 Å². The highest BCUT2D eigenvalue weighted by molar-refractivity contribution is 5.77. The van der Waals surface area contributed by atoms with Gasteiger partial charge in [-0.25, -0.2) is 0 Å². The van der Waals surface area contributed by atoms with Crippen molar-refractivity contribution >= 4 is 5.91 Å². The normalized spacial score (nSPS) is 23.6. The van der Waals surface area contributed by atoms with Crippen LogP contribution in [-0.2, 0) is 17.8 Å². The SMILES string of the molecule is C=CCc1cc(CN2CC[C@@H]3[C@@H](CCC(=O)N3CCN)C2)ccc1OC. The molecule has 2 atom stereocenters. The van der Waals surface area contributed by atoms with Crippen LogP contribution >= 0.6 is 0 Å². The Balaban J connectivity index is 1.65. The minimum atomic E-state index is 0.286. The second kappa shape index (κ2) is 8.69. The minimum absolute atomic E-state index is 0.286. The molecule has 2 heterocycles. The number of hydrogen-bond acceptors (Lipinski definition) is 4. The number of methoxy groups -OCH3 is 1. The van der Waals surface area contributed by atoms with Gasteiger partial charge in [0.25, 0.3) is 0 Å². The van der Waals surface area contributed by atoms with Crippen molar-refractivity contribution < 1.29 is 9.53 Å². The zero-order valence-corrected chi connectivity index (χ0v) is 15.8. The number of fused-ring (bicyclic) bond motifs is 1. The summed E-state index contributed by atoms with van der Waals surface area (Å²) in [5.41, 5.74) is 8.21. The molecule has 5 nitrogen and oxygen atoms in total. The summed E-state index contributed by atoms with van der Waals surface area (Å²) in [7, 11) is 1.71. The highest BCUT2D eigenvalue weighted by Crippen LogP contribution is 2.32. The summed E-state index contributed by atoms with van der Waals surface area (Å²) < 4.78 is 5.45. The van der Waals surface area contributed by atoms with E-state index < -0.39 is 0 Å². The molecule has 0 bridgehead atoms. The number of piperidine rings is 2. The fraction of sp³-hybridized carbons (Fsp3) is 0.571. The lowest BCUT2D eigenvalue weighted by Crippen LogP contribution is -2.56. The summed E-state index contributed by atoms with van der Waals surface area (Å²) in [5.74, 6) is 1.78. The van der Waals surface area contributed by atoms with E-state index in [2.05, 4.69) is 29.7 Å². The summed E-state index contributed by atoms with van der Waals surface area (Å²) in [4.78, 5) is 16.8. The zero-order valence-electron chi connectivity index (χ0n) is 15.8. The standard InChI is InChI=1S/C21H31N3O2/c1-3-4-17-13-16(5-7-20(17)26-2)14-23-11-9-19-18(15-23)6-8-21(25)24(19)12-10-22/h3,5,7,13,18-19H,1,4,6,8-12,14-15,22H2,2H3/t18-,19+/m0/s1. The van der Waals surface area contributed by atoms with Crippen LogP contribution in [0.15, 0.2) is 30.9 Å². The number of amides is 1. The van der Waals surface area contributed by atoms with E-state index in [4.69, 9.17) is 10.5 Å². The van der Waals surface area contributed by atoms with Crippen LogP contribution in [0.2, 0.25) is 0 Å². The van der Waals surface area contributed by atoms with Gasteiger partial charge < -0.3 is 15.4 Å². The van der Waals surface area contributed by atoms with Crippen molar-refractivity contribution in [2.75, 3.05) is 33.3 Å². The first-order valence-electron chi connectivity index (χ1n) is 9.64. The number of carbonyl (C=O) groups is 1. The summed E-state index contributed by atoms with van der Waals surface area (Å²) in [5, 5.41) is 0. The van der Waals surface area contributed by atoms with Crippen LogP contribution in [0.5, 0.6) is 5.75 Å². The van der Waals surface area contributed by atoms with Crippen LogP contribution in [0.1, 0.15) is 30.4 Å². The Bertz CT molecular complexity index is 646. The summed E-state index contributed by atoms with van der Waals surface area (Å²) in [6.07, 6.45) is 5.45. The maximum Gasteiger partial charge on any atom is 0.222 e. The molecule has 0 spiro atoms. The molecule has 0 saturated carbocycles. The third-order valence-electron chi connectivity index (χ3n) is 5.71. The van der Waals surface area contributed by atoms with Gasteiger partial charge in [0.2, 0.25) is 5.91 Å². The van der Waals surface area contributed by atoms with E-state index in [0.29, 0.717) is 31.5 Å². The van der Waals surface area contributed by atoms with Crippen LogP contribution in [0.4, 0.5) is 0 Å². The van der Waals surface area contributed by atoms with Crippen molar-refractivity contribution in [3.05, 3.63) is 42.0 Å². The van der Waals surface area contributed by atoms with Crippen molar-refractivity contribution in [2.45, 2.75) is 38.3 Å². The van der Waals surface area contributed by atoms with E-state index in [1.54, 1.807) is 7.11 Å². The van der Waals surface area contributed by atoms with Crippen molar-refractivity contribution in [3.63, 3.8) is 0 Å². The number of carbonyl (C=O) groups excluding carboxylic acids is 1. The Kier molecular flexibility index (Phi) is 6.33. The number of nitrogens with zero attached hydrogens (tertiary/aromatic N) is 2. The number of benzene rings is 1. The van der Waals surface area contributed by atoms with Crippen molar-refractivity contribution in [1.82, 2.24) is 9.80 Å². The smallest absolute Gasteiger partial charge is 0.222 e. The summed E-state index contributed by atoms with van der Waals surface area (Å²) in [6.45, 7) is 8.12. The third-order valence-corrected chi connectivity index (χ3v) is 5.71. The lowest BCUT2D eigenvalue weighted by molar-refractivity contribution is -0.141. The molecule has 5 heteroatoms. The van der Waals surface area contributed by atoms with E-state index in [9.17, 15) is 4.79 Å². The molecule has 1 amide bonds. The molecule has 1 aromatic carbocycles. The number of allylic oxidation sites excluding steroid dienone is 1. The molecule has 2 aliphatic rings. The van der Waals surface area contributed by atoms with Gasteiger partial charge in [-0.05, 0) is 42.4 Å². The van der Waals surface area contributed by atoms with Crippen molar-refractivity contribution in [1.29, 1.82) is 0 Å². The molecule has 142 valence electrons. The first-order chi connectivity index (χ1) is 12.7. The predicted molar refractivity (Wildman–Crippen MR) is 104 cm³/mol. The molecule has 0 aliphatic carbocycles. The predicted octanol–water partition coefficient (Wildman–Crippen LogP) is 2.20. The topological polar surface area (TPSA) is 58.8 Å². The fourth-order valence-corrected chi connectivity index (χ4v) is 4.50.